The van der Waals surface area contributed by atoms with Gasteiger partial charge in [-0.3, -0.25) is 4.79 Å². The molecule has 0 radical (unpaired) electrons. The molecule has 3 aromatic rings. The molecule has 1 saturated carbocycles. The van der Waals surface area contributed by atoms with Crippen molar-refractivity contribution in [3.63, 3.8) is 0 Å². The zero-order valence-corrected chi connectivity index (χ0v) is 19.6. The fraction of sp³-hybridized carbons (Fsp3) is 0.385. The average Bonchev–Trinajstić information content (AvgIpc) is 3.42. The maximum Gasteiger partial charge on any atom is 0.586 e. The van der Waals surface area contributed by atoms with E-state index in [1.54, 1.807) is 18.2 Å². The van der Waals surface area contributed by atoms with Gasteiger partial charge in [0.15, 0.2) is 11.5 Å². The molecule has 5 rings (SSSR count). The van der Waals surface area contributed by atoms with Gasteiger partial charge in [0.2, 0.25) is 5.91 Å². The molecule has 1 aliphatic heterocycles. The second-order valence-corrected chi connectivity index (χ2v) is 10.1. The number of fused-ring (bicyclic) bond motifs is 2. The first-order chi connectivity index (χ1) is 16.5. The van der Waals surface area contributed by atoms with Gasteiger partial charge >= 0.3 is 6.29 Å². The summed E-state index contributed by atoms with van der Waals surface area (Å²) in [6.45, 7) is 6.55. The number of ether oxygens (including phenoxy) is 2. The van der Waals surface area contributed by atoms with Gasteiger partial charge in [0.1, 0.15) is 6.07 Å². The molecule has 2 N–H and O–H groups in total. The Balaban J connectivity index is 0.00000190. The van der Waals surface area contributed by atoms with Crippen molar-refractivity contribution in [2.45, 2.75) is 57.3 Å². The summed E-state index contributed by atoms with van der Waals surface area (Å²) in [6, 6.07) is 12.0. The Hall–Kier alpha value is -3.64. The van der Waals surface area contributed by atoms with Gasteiger partial charge in [-0.2, -0.15) is 5.26 Å². The largest absolute Gasteiger partial charge is 0.586 e. The topological polar surface area (TPSA) is 96.5 Å². The van der Waals surface area contributed by atoms with Crippen LogP contribution in [0.1, 0.15) is 53.3 Å². The molecule has 0 saturated heterocycles. The number of rotatable bonds is 5. The number of nitrogens with zero attached hydrogens (tertiary/aromatic N) is 2. The fourth-order valence-corrected chi connectivity index (χ4v) is 4.73. The number of hydrogen-bond acceptors (Lipinski definition) is 5. The van der Waals surface area contributed by atoms with Gasteiger partial charge in [-0.25, -0.2) is 0 Å². The van der Waals surface area contributed by atoms with E-state index in [1.807, 2.05) is 10.6 Å². The SMILES string of the molecule is CC(C)(C)c1cc2cc(NC(=O)C3(c4ccc5c(c4)OC(F)(F)O5)CC3)c(C#N)cc2n1CCO.[HH].[HH]. The van der Waals surface area contributed by atoms with Gasteiger partial charge in [0, 0.05) is 31.4 Å². The van der Waals surface area contributed by atoms with Crippen LogP contribution < -0.4 is 14.8 Å². The molecule has 0 atom stereocenters. The van der Waals surface area contributed by atoms with E-state index in [9.17, 15) is 23.9 Å². The highest BCUT2D eigenvalue weighted by molar-refractivity contribution is 6.04. The summed E-state index contributed by atoms with van der Waals surface area (Å²) in [6.07, 6.45) is -2.64. The molecule has 2 aliphatic rings. The number of carbonyl (C=O) groups is 1. The number of anilines is 1. The number of nitriles is 1. The highest BCUT2D eigenvalue weighted by atomic mass is 19.3. The van der Waals surface area contributed by atoms with Crippen LogP contribution in [0.4, 0.5) is 14.5 Å². The molecule has 1 fully saturated rings. The van der Waals surface area contributed by atoms with Crippen LogP contribution in [-0.2, 0) is 22.2 Å². The van der Waals surface area contributed by atoms with E-state index in [0.29, 0.717) is 36.2 Å². The minimum Gasteiger partial charge on any atom is -0.395 e. The van der Waals surface area contributed by atoms with Crippen LogP contribution in [0.25, 0.3) is 10.9 Å². The number of aromatic nitrogens is 1. The number of aliphatic hydroxyl groups excluding tert-OH is 1. The zero-order valence-electron chi connectivity index (χ0n) is 19.6. The third kappa shape index (κ3) is 3.88. The van der Waals surface area contributed by atoms with Crippen molar-refractivity contribution in [3.8, 4) is 17.6 Å². The summed E-state index contributed by atoms with van der Waals surface area (Å²) in [5, 5.41) is 23.1. The third-order valence-electron chi connectivity index (χ3n) is 6.64. The number of alkyl halides is 2. The lowest BCUT2D eigenvalue weighted by atomic mass is 9.92. The standard InChI is InChI=1S/C26H25F2N3O4.2H2/c1-24(2,3)22-12-15-10-18(16(14-29)11-19(15)31(22)8-9-32)30-23(33)25(6-7-25)17-4-5-20-21(13-17)35-26(27,28)34-20;;/h4-5,10-13,32H,6-9H2,1-3H3,(H,30,33);2*1H. The Bertz CT molecular complexity index is 1410. The summed E-state index contributed by atoms with van der Waals surface area (Å²) in [5.74, 6) is -0.496. The van der Waals surface area contributed by atoms with E-state index in [4.69, 9.17) is 0 Å². The minimum absolute atomic E-state index is 0. The van der Waals surface area contributed by atoms with Crippen molar-refractivity contribution in [1.82, 2.24) is 4.57 Å². The lowest BCUT2D eigenvalue weighted by Gasteiger charge is -2.21. The van der Waals surface area contributed by atoms with Crippen molar-refractivity contribution >= 4 is 22.5 Å². The number of aliphatic hydroxyl groups is 1. The van der Waals surface area contributed by atoms with E-state index in [2.05, 4.69) is 41.6 Å². The Morgan fingerprint density at radius 1 is 1.20 bits per heavy atom. The van der Waals surface area contributed by atoms with Crippen LogP contribution in [0.2, 0.25) is 0 Å². The third-order valence-corrected chi connectivity index (χ3v) is 6.64. The average molecular weight is 486 g/mol. The first kappa shape index (κ1) is 23.1. The van der Waals surface area contributed by atoms with Gasteiger partial charge in [-0.1, -0.05) is 26.8 Å². The summed E-state index contributed by atoms with van der Waals surface area (Å²) in [7, 11) is 0. The summed E-state index contributed by atoms with van der Waals surface area (Å²) >= 11 is 0. The molecule has 7 nitrogen and oxygen atoms in total. The minimum atomic E-state index is -3.73. The van der Waals surface area contributed by atoms with Crippen LogP contribution in [0.3, 0.4) is 0 Å². The van der Waals surface area contributed by atoms with Gasteiger partial charge in [0.05, 0.1) is 23.3 Å². The molecule has 0 unspecified atom stereocenters. The second kappa shape index (κ2) is 7.68. The number of halogens is 2. The zero-order chi connectivity index (χ0) is 25.2. The Morgan fingerprint density at radius 2 is 1.91 bits per heavy atom. The highest BCUT2D eigenvalue weighted by Gasteiger charge is 2.53. The normalized spacial score (nSPS) is 17.3. The predicted octanol–water partition coefficient (Wildman–Crippen LogP) is 5.29. The predicted molar refractivity (Wildman–Crippen MR) is 129 cm³/mol. The van der Waals surface area contributed by atoms with E-state index in [-0.39, 0.29) is 32.3 Å². The molecule has 186 valence electrons. The summed E-state index contributed by atoms with van der Waals surface area (Å²) in [4.78, 5) is 13.4. The van der Waals surface area contributed by atoms with Crippen LogP contribution in [0, 0.1) is 11.3 Å². The fourth-order valence-electron chi connectivity index (χ4n) is 4.73. The first-order valence-electron chi connectivity index (χ1n) is 11.4. The molecular weight excluding hydrogens is 456 g/mol. The molecule has 0 bridgehead atoms. The van der Waals surface area contributed by atoms with Crippen LogP contribution in [0.5, 0.6) is 11.5 Å². The second-order valence-electron chi connectivity index (χ2n) is 10.1. The Labute approximate surface area is 203 Å². The van der Waals surface area contributed by atoms with Crippen LogP contribution >= 0.6 is 0 Å². The van der Waals surface area contributed by atoms with Crippen LogP contribution in [0.15, 0.2) is 36.4 Å². The molecule has 1 amide bonds. The monoisotopic (exact) mass is 485 g/mol. The molecule has 1 aromatic heterocycles. The molecule has 0 spiro atoms. The van der Waals surface area contributed by atoms with Crippen molar-refractivity contribution in [2.24, 2.45) is 0 Å². The van der Waals surface area contributed by atoms with Crippen molar-refractivity contribution in [3.05, 3.63) is 53.2 Å². The Kier molecular flexibility index (Phi) is 5.08. The van der Waals surface area contributed by atoms with Crippen LogP contribution in [-0.4, -0.2) is 28.5 Å². The first-order valence-corrected chi connectivity index (χ1v) is 11.4. The summed E-state index contributed by atoms with van der Waals surface area (Å²) in [5.41, 5.74) is 1.95. The number of hydrogen-bond donors (Lipinski definition) is 2. The van der Waals surface area contributed by atoms with Crippen molar-refractivity contribution in [1.29, 1.82) is 5.26 Å². The molecule has 9 heteroatoms. The van der Waals surface area contributed by atoms with Gasteiger partial charge in [-0.05, 0) is 48.7 Å². The number of amides is 1. The molecule has 1 aliphatic carbocycles. The quantitative estimate of drug-likeness (QED) is 0.512. The molecular formula is C26H29F2N3O4. The highest BCUT2D eigenvalue weighted by Crippen LogP contribution is 2.52. The number of nitrogens with one attached hydrogen (secondary N) is 1. The lowest BCUT2D eigenvalue weighted by molar-refractivity contribution is -0.286. The van der Waals surface area contributed by atoms with Crippen molar-refractivity contribution < 1.29 is 31.0 Å². The van der Waals surface area contributed by atoms with Gasteiger partial charge < -0.3 is 24.5 Å². The van der Waals surface area contributed by atoms with E-state index < -0.39 is 11.7 Å². The van der Waals surface area contributed by atoms with E-state index >= 15 is 0 Å². The summed E-state index contributed by atoms with van der Waals surface area (Å²) < 4.78 is 37.8. The maximum absolute atomic E-state index is 13.4. The molecule has 2 heterocycles. The van der Waals surface area contributed by atoms with Gasteiger partial charge in [0.25, 0.3) is 0 Å². The maximum atomic E-state index is 13.4. The van der Waals surface area contributed by atoms with E-state index in [0.717, 1.165) is 16.6 Å². The number of benzene rings is 2. The lowest BCUT2D eigenvalue weighted by Crippen LogP contribution is -2.28. The van der Waals surface area contributed by atoms with E-state index in [1.165, 1.54) is 12.1 Å². The van der Waals surface area contributed by atoms with Crippen molar-refractivity contribution in [2.75, 3.05) is 11.9 Å². The molecule has 35 heavy (non-hydrogen) atoms. The number of carbonyl (C=O) groups excluding carboxylic acids is 1. The Morgan fingerprint density at radius 3 is 2.54 bits per heavy atom. The van der Waals surface area contributed by atoms with Gasteiger partial charge in [-0.15, -0.1) is 8.78 Å². The molecule has 2 aromatic carbocycles. The smallest absolute Gasteiger partial charge is 0.395 e.